The molecule has 1 unspecified atom stereocenters. The summed E-state index contributed by atoms with van der Waals surface area (Å²) < 4.78 is 0. The van der Waals surface area contributed by atoms with Crippen LogP contribution < -0.4 is 4.90 Å². The molecule has 0 bridgehead atoms. The van der Waals surface area contributed by atoms with Crippen molar-refractivity contribution in [1.29, 1.82) is 0 Å². The van der Waals surface area contributed by atoms with Gasteiger partial charge < -0.3 is 4.90 Å². The van der Waals surface area contributed by atoms with Crippen molar-refractivity contribution in [2.75, 3.05) is 18.0 Å². The van der Waals surface area contributed by atoms with Crippen LogP contribution >= 0.6 is 11.6 Å². The summed E-state index contributed by atoms with van der Waals surface area (Å²) in [7, 11) is 0. The van der Waals surface area contributed by atoms with Crippen molar-refractivity contribution in [2.45, 2.75) is 33.1 Å². The third-order valence-corrected chi connectivity index (χ3v) is 3.51. The lowest BCUT2D eigenvalue weighted by molar-refractivity contribution is 0.443. The Morgan fingerprint density at radius 3 is 3.00 bits per heavy atom. The monoisotopic (exact) mass is 239 g/mol. The first-order valence-corrected chi connectivity index (χ1v) is 6.34. The molecule has 16 heavy (non-hydrogen) atoms. The molecule has 1 saturated heterocycles. The largest absolute Gasteiger partial charge is 0.356 e. The van der Waals surface area contributed by atoms with Crippen LogP contribution in [0, 0.1) is 5.92 Å². The van der Waals surface area contributed by atoms with Crippen LogP contribution in [0.3, 0.4) is 0 Å². The molecule has 88 valence electrons. The predicted molar refractivity (Wildman–Crippen MR) is 67.0 cm³/mol. The second-order valence-corrected chi connectivity index (χ2v) is 4.87. The molecule has 1 aliphatic rings. The molecule has 4 heteroatoms. The molecule has 1 atom stereocenters. The smallest absolute Gasteiger partial charge is 0.137 e. The molecular formula is C12H18ClN3. The van der Waals surface area contributed by atoms with Crippen LogP contribution in [0.15, 0.2) is 6.33 Å². The van der Waals surface area contributed by atoms with E-state index in [1.54, 1.807) is 6.33 Å². The van der Waals surface area contributed by atoms with Crippen LogP contribution in [0.4, 0.5) is 5.82 Å². The van der Waals surface area contributed by atoms with Crippen molar-refractivity contribution >= 4 is 17.4 Å². The highest BCUT2D eigenvalue weighted by atomic mass is 35.5. The maximum Gasteiger partial charge on any atom is 0.137 e. The molecule has 0 amide bonds. The minimum Gasteiger partial charge on any atom is -0.356 e. The zero-order valence-electron chi connectivity index (χ0n) is 9.91. The summed E-state index contributed by atoms with van der Waals surface area (Å²) in [6.07, 6.45) is 5.01. The van der Waals surface area contributed by atoms with Gasteiger partial charge in [0.05, 0.1) is 0 Å². The van der Waals surface area contributed by atoms with E-state index in [-0.39, 0.29) is 0 Å². The molecule has 0 aromatic carbocycles. The van der Waals surface area contributed by atoms with Crippen molar-refractivity contribution in [3.05, 3.63) is 17.0 Å². The maximum absolute atomic E-state index is 6.11. The number of piperidine rings is 1. The van der Waals surface area contributed by atoms with Crippen LogP contribution in [0.5, 0.6) is 0 Å². The van der Waals surface area contributed by atoms with Gasteiger partial charge in [-0.15, -0.1) is 0 Å². The lowest BCUT2D eigenvalue weighted by Gasteiger charge is -2.33. The van der Waals surface area contributed by atoms with E-state index in [0.717, 1.165) is 36.8 Å². The van der Waals surface area contributed by atoms with E-state index >= 15 is 0 Å². The highest BCUT2D eigenvalue weighted by Gasteiger charge is 2.20. The first-order valence-electron chi connectivity index (χ1n) is 5.96. The second kappa shape index (κ2) is 5.00. The topological polar surface area (TPSA) is 29.0 Å². The molecular weight excluding hydrogens is 222 g/mol. The normalized spacial score (nSPS) is 21.2. The Balaban J connectivity index is 2.28. The quantitative estimate of drug-likeness (QED) is 0.744. The minimum atomic E-state index is 0.603. The van der Waals surface area contributed by atoms with Crippen LogP contribution in [0.25, 0.3) is 0 Å². The van der Waals surface area contributed by atoms with Gasteiger partial charge in [0.1, 0.15) is 17.3 Å². The molecule has 0 radical (unpaired) electrons. The van der Waals surface area contributed by atoms with Gasteiger partial charge in [0, 0.05) is 18.7 Å². The fraction of sp³-hybridized carbons (Fsp3) is 0.667. The Morgan fingerprint density at radius 1 is 1.50 bits per heavy atom. The summed E-state index contributed by atoms with van der Waals surface area (Å²) in [5.41, 5.74) is 1.08. The Bertz CT molecular complexity index is 367. The third-order valence-electron chi connectivity index (χ3n) is 3.18. The minimum absolute atomic E-state index is 0.603. The van der Waals surface area contributed by atoms with Gasteiger partial charge in [-0.1, -0.05) is 25.4 Å². The average molecular weight is 240 g/mol. The van der Waals surface area contributed by atoms with Gasteiger partial charge in [0.2, 0.25) is 0 Å². The fourth-order valence-corrected chi connectivity index (χ4v) is 2.60. The molecule has 1 aliphatic heterocycles. The highest BCUT2D eigenvalue weighted by Crippen LogP contribution is 2.27. The maximum atomic E-state index is 6.11. The number of aromatic nitrogens is 2. The SMILES string of the molecule is CCc1c(Cl)ncnc1N1CCCC(C)C1. The van der Waals surface area contributed by atoms with Crippen LogP contribution in [0.2, 0.25) is 5.15 Å². The zero-order valence-corrected chi connectivity index (χ0v) is 10.7. The van der Waals surface area contributed by atoms with Gasteiger partial charge >= 0.3 is 0 Å². The summed E-state index contributed by atoms with van der Waals surface area (Å²) in [6.45, 7) is 6.56. The van der Waals surface area contributed by atoms with Crippen LogP contribution in [-0.4, -0.2) is 23.1 Å². The number of hydrogen-bond donors (Lipinski definition) is 0. The molecule has 0 N–H and O–H groups in total. The van der Waals surface area contributed by atoms with Crippen molar-refractivity contribution in [2.24, 2.45) is 5.92 Å². The van der Waals surface area contributed by atoms with E-state index in [1.165, 1.54) is 12.8 Å². The van der Waals surface area contributed by atoms with Crippen molar-refractivity contribution < 1.29 is 0 Å². The van der Waals surface area contributed by atoms with E-state index < -0.39 is 0 Å². The van der Waals surface area contributed by atoms with E-state index in [1.807, 2.05) is 0 Å². The number of halogens is 1. The van der Waals surface area contributed by atoms with Crippen molar-refractivity contribution in [3.63, 3.8) is 0 Å². The van der Waals surface area contributed by atoms with Crippen molar-refractivity contribution in [3.8, 4) is 0 Å². The van der Waals surface area contributed by atoms with Crippen LogP contribution in [0.1, 0.15) is 32.3 Å². The zero-order chi connectivity index (χ0) is 11.5. The Hall–Kier alpha value is -0.830. The number of nitrogens with zero attached hydrogens (tertiary/aromatic N) is 3. The standard InChI is InChI=1S/C12H18ClN3/c1-3-10-11(13)14-8-15-12(10)16-6-4-5-9(2)7-16/h8-9H,3-7H2,1-2H3. The van der Waals surface area contributed by atoms with Gasteiger partial charge in [0.15, 0.2) is 0 Å². The number of anilines is 1. The Kier molecular flexibility index (Phi) is 3.64. The number of rotatable bonds is 2. The summed E-state index contributed by atoms with van der Waals surface area (Å²) in [6, 6.07) is 0. The molecule has 2 rings (SSSR count). The summed E-state index contributed by atoms with van der Waals surface area (Å²) in [5, 5.41) is 0.603. The average Bonchev–Trinajstić information content (AvgIpc) is 2.28. The van der Waals surface area contributed by atoms with E-state index in [2.05, 4.69) is 28.7 Å². The lowest BCUT2D eigenvalue weighted by atomic mass is 10.00. The number of hydrogen-bond acceptors (Lipinski definition) is 3. The Labute approximate surface area is 102 Å². The lowest BCUT2D eigenvalue weighted by Crippen LogP contribution is -2.35. The predicted octanol–water partition coefficient (Wildman–Crippen LogP) is 2.93. The molecule has 3 nitrogen and oxygen atoms in total. The highest BCUT2D eigenvalue weighted by molar-refractivity contribution is 6.30. The molecule has 0 aliphatic carbocycles. The molecule has 1 aromatic rings. The van der Waals surface area contributed by atoms with Crippen LogP contribution in [-0.2, 0) is 6.42 Å². The fourth-order valence-electron chi connectivity index (χ4n) is 2.34. The molecule has 0 saturated carbocycles. The summed E-state index contributed by atoms with van der Waals surface area (Å²) >= 11 is 6.11. The molecule has 0 spiro atoms. The summed E-state index contributed by atoms with van der Waals surface area (Å²) in [4.78, 5) is 10.8. The van der Waals surface area contributed by atoms with Gasteiger partial charge in [-0.2, -0.15) is 0 Å². The third kappa shape index (κ3) is 2.29. The van der Waals surface area contributed by atoms with E-state index in [4.69, 9.17) is 11.6 Å². The first kappa shape index (κ1) is 11.6. The second-order valence-electron chi connectivity index (χ2n) is 4.51. The first-order chi connectivity index (χ1) is 7.72. The molecule has 1 aromatic heterocycles. The van der Waals surface area contributed by atoms with Gasteiger partial charge in [-0.3, -0.25) is 0 Å². The molecule has 1 fully saturated rings. The van der Waals surface area contributed by atoms with Crippen molar-refractivity contribution in [1.82, 2.24) is 9.97 Å². The van der Waals surface area contributed by atoms with E-state index in [9.17, 15) is 0 Å². The van der Waals surface area contributed by atoms with E-state index in [0.29, 0.717) is 5.15 Å². The molecule has 2 heterocycles. The Morgan fingerprint density at radius 2 is 2.31 bits per heavy atom. The van der Waals surface area contributed by atoms with Gasteiger partial charge in [-0.25, -0.2) is 9.97 Å². The summed E-state index contributed by atoms with van der Waals surface area (Å²) in [5.74, 6) is 1.78. The van der Waals surface area contributed by atoms with Gasteiger partial charge in [-0.05, 0) is 25.2 Å². The van der Waals surface area contributed by atoms with Gasteiger partial charge in [0.25, 0.3) is 0 Å².